The quantitative estimate of drug-likeness (QED) is 0.891. The zero-order chi connectivity index (χ0) is 17.4. The first-order chi connectivity index (χ1) is 12.1. The van der Waals surface area contributed by atoms with Crippen molar-refractivity contribution in [1.29, 1.82) is 0 Å². The van der Waals surface area contributed by atoms with Crippen LogP contribution < -0.4 is 5.32 Å². The van der Waals surface area contributed by atoms with Crippen molar-refractivity contribution >= 4 is 11.9 Å². The number of likely N-dealkylation sites (tertiary alicyclic amines) is 1. The normalized spacial score (nSPS) is 29.0. The summed E-state index contributed by atoms with van der Waals surface area (Å²) in [5.41, 5.74) is 0. The number of furan rings is 1. The van der Waals surface area contributed by atoms with Gasteiger partial charge in [0.1, 0.15) is 11.5 Å². The molecule has 1 N–H and O–H groups in total. The fraction of sp³-hybridized carbons (Fsp3) is 0.684. The van der Waals surface area contributed by atoms with E-state index in [0.717, 1.165) is 43.4 Å². The lowest BCUT2D eigenvalue weighted by Crippen LogP contribution is -2.50. The second kappa shape index (κ2) is 6.73. The largest absolute Gasteiger partial charge is 0.466 e. The monoisotopic (exact) mass is 345 g/mol. The first-order valence-electron chi connectivity index (χ1n) is 9.52. The zero-order valence-corrected chi connectivity index (χ0v) is 14.9. The number of amides is 3. The van der Waals surface area contributed by atoms with Crippen LogP contribution in [0.4, 0.5) is 4.79 Å². The molecule has 3 aliphatic rings. The molecule has 136 valence electrons. The lowest BCUT2D eigenvalue weighted by atomic mass is 10.0. The molecule has 1 aliphatic carbocycles. The molecule has 2 aliphatic heterocycles. The van der Waals surface area contributed by atoms with Gasteiger partial charge in [0, 0.05) is 44.9 Å². The standard InChI is InChI=1S/C19H27N3O3/c1-13-11-16(13)17-6-4-15(25-17)5-7-18(23)21-9-2-3-14(12-21)22-10-8-20-19(22)24/h4,6,13-14,16H,2-3,5,7-12H2,1H3,(H,20,24)/t13-,14-,16-/m1/s1. The molecule has 6 nitrogen and oxygen atoms in total. The third-order valence-electron chi connectivity index (χ3n) is 5.82. The second-order valence-corrected chi connectivity index (χ2v) is 7.68. The van der Waals surface area contributed by atoms with Gasteiger partial charge in [-0.2, -0.15) is 0 Å². The summed E-state index contributed by atoms with van der Waals surface area (Å²) in [6.07, 6.45) is 4.30. The SMILES string of the molecule is C[C@@H]1C[C@H]1c1ccc(CCC(=O)N2CCC[C@@H](N3CCNC3=O)C2)o1. The van der Waals surface area contributed by atoms with Crippen molar-refractivity contribution in [2.45, 2.75) is 51.0 Å². The highest BCUT2D eigenvalue weighted by Crippen LogP contribution is 2.47. The van der Waals surface area contributed by atoms with E-state index in [0.29, 0.717) is 31.8 Å². The number of urea groups is 1. The Morgan fingerprint density at radius 3 is 2.92 bits per heavy atom. The van der Waals surface area contributed by atoms with Crippen molar-refractivity contribution in [3.8, 4) is 0 Å². The van der Waals surface area contributed by atoms with Crippen molar-refractivity contribution in [1.82, 2.24) is 15.1 Å². The molecule has 0 radical (unpaired) electrons. The van der Waals surface area contributed by atoms with E-state index in [-0.39, 0.29) is 18.0 Å². The number of carbonyl (C=O) groups is 2. The molecule has 3 heterocycles. The van der Waals surface area contributed by atoms with Crippen molar-refractivity contribution in [2.75, 3.05) is 26.2 Å². The predicted molar refractivity (Wildman–Crippen MR) is 93.3 cm³/mol. The van der Waals surface area contributed by atoms with Gasteiger partial charge in [-0.1, -0.05) is 6.92 Å². The van der Waals surface area contributed by atoms with E-state index >= 15 is 0 Å². The van der Waals surface area contributed by atoms with Crippen LogP contribution in [0.1, 0.15) is 50.0 Å². The van der Waals surface area contributed by atoms with Crippen LogP contribution >= 0.6 is 0 Å². The molecular formula is C19H27N3O3. The Labute approximate surface area is 148 Å². The molecule has 4 rings (SSSR count). The number of piperidine rings is 1. The number of hydrogen-bond donors (Lipinski definition) is 1. The molecule has 25 heavy (non-hydrogen) atoms. The van der Waals surface area contributed by atoms with E-state index in [9.17, 15) is 9.59 Å². The summed E-state index contributed by atoms with van der Waals surface area (Å²) in [7, 11) is 0. The Morgan fingerprint density at radius 2 is 2.20 bits per heavy atom. The molecule has 3 fully saturated rings. The van der Waals surface area contributed by atoms with E-state index in [1.165, 1.54) is 6.42 Å². The van der Waals surface area contributed by atoms with Crippen molar-refractivity contribution in [3.63, 3.8) is 0 Å². The Balaban J connectivity index is 1.28. The molecule has 0 unspecified atom stereocenters. The number of nitrogens with one attached hydrogen (secondary N) is 1. The molecule has 2 saturated heterocycles. The van der Waals surface area contributed by atoms with E-state index in [4.69, 9.17) is 4.42 Å². The zero-order valence-electron chi connectivity index (χ0n) is 14.9. The summed E-state index contributed by atoms with van der Waals surface area (Å²) in [4.78, 5) is 28.2. The van der Waals surface area contributed by atoms with E-state index in [1.54, 1.807) is 0 Å². The number of hydrogen-bond acceptors (Lipinski definition) is 3. The Morgan fingerprint density at radius 1 is 1.36 bits per heavy atom. The van der Waals surface area contributed by atoms with Gasteiger partial charge in [0.05, 0.1) is 6.04 Å². The van der Waals surface area contributed by atoms with Crippen LogP contribution in [0.2, 0.25) is 0 Å². The fourth-order valence-corrected chi connectivity index (χ4v) is 4.11. The summed E-state index contributed by atoms with van der Waals surface area (Å²) in [6, 6.07) is 4.25. The molecule has 1 aromatic rings. The highest BCUT2D eigenvalue weighted by Gasteiger charge is 2.36. The Bertz CT molecular complexity index is 656. The lowest BCUT2D eigenvalue weighted by Gasteiger charge is -2.37. The molecule has 0 bridgehead atoms. The number of rotatable bonds is 5. The summed E-state index contributed by atoms with van der Waals surface area (Å²) >= 11 is 0. The summed E-state index contributed by atoms with van der Waals surface area (Å²) in [5, 5.41) is 2.85. The smallest absolute Gasteiger partial charge is 0.317 e. The van der Waals surface area contributed by atoms with E-state index in [2.05, 4.69) is 18.3 Å². The maximum Gasteiger partial charge on any atom is 0.317 e. The minimum absolute atomic E-state index is 0.0109. The molecule has 1 saturated carbocycles. The third kappa shape index (κ3) is 3.53. The van der Waals surface area contributed by atoms with Gasteiger partial charge >= 0.3 is 6.03 Å². The Kier molecular flexibility index (Phi) is 4.44. The fourth-order valence-electron chi connectivity index (χ4n) is 4.11. The van der Waals surface area contributed by atoms with Crippen LogP contribution in [0.3, 0.4) is 0 Å². The van der Waals surface area contributed by atoms with Crippen molar-refractivity contribution in [3.05, 3.63) is 23.7 Å². The summed E-state index contributed by atoms with van der Waals surface area (Å²) in [6.45, 7) is 5.16. The van der Waals surface area contributed by atoms with Gasteiger partial charge in [-0.15, -0.1) is 0 Å². The molecule has 0 spiro atoms. The average molecular weight is 345 g/mol. The first-order valence-corrected chi connectivity index (χ1v) is 9.52. The molecule has 1 aromatic heterocycles. The van der Waals surface area contributed by atoms with Gasteiger partial charge in [0.15, 0.2) is 0 Å². The molecule has 3 atom stereocenters. The maximum atomic E-state index is 12.6. The van der Waals surface area contributed by atoms with Crippen molar-refractivity contribution < 1.29 is 14.0 Å². The molecular weight excluding hydrogens is 318 g/mol. The van der Waals surface area contributed by atoms with Crippen LogP contribution in [0.15, 0.2) is 16.5 Å². The van der Waals surface area contributed by atoms with Crippen LogP contribution in [0.5, 0.6) is 0 Å². The third-order valence-corrected chi connectivity index (χ3v) is 5.82. The molecule has 6 heteroatoms. The number of carbonyl (C=O) groups excluding carboxylic acids is 2. The minimum atomic E-state index is 0.0109. The Hall–Kier alpha value is -1.98. The average Bonchev–Trinajstić information content (AvgIpc) is 3.02. The highest BCUT2D eigenvalue weighted by molar-refractivity contribution is 5.78. The van der Waals surface area contributed by atoms with Gasteiger partial charge in [0.25, 0.3) is 0 Å². The second-order valence-electron chi connectivity index (χ2n) is 7.68. The van der Waals surface area contributed by atoms with E-state index < -0.39 is 0 Å². The van der Waals surface area contributed by atoms with Gasteiger partial charge in [0.2, 0.25) is 5.91 Å². The van der Waals surface area contributed by atoms with Gasteiger partial charge in [-0.05, 0) is 37.3 Å². The van der Waals surface area contributed by atoms with Crippen LogP contribution in [0, 0.1) is 5.92 Å². The van der Waals surface area contributed by atoms with Crippen LogP contribution in [-0.4, -0.2) is 54.0 Å². The van der Waals surface area contributed by atoms with Gasteiger partial charge in [-0.3, -0.25) is 4.79 Å². The van der Waals surface area contributed by atoms with Crippen LogP contribution in [-0.2, 0) is 11.2 Å². The maximum absolute atomic E-state index is 12.6. The summed E-state index contributed by atoms with van der Waals surface area (Å²) < 4.78 is 5.90. The van der Waals surface area contributed by atoms with Gasteiger partial charge < -0.3 is 19.5 Å². The van der Waals surface area contributed by atoms with Crippen molar-refractivity contribution in [2.24, 2.45) is 5.92 Å². The minimum Gasteiger partial charge on any atom is -0.466 e. The summed E-state index contributed by atoms with van der Waals surface area (Å²) in [5.74, 6) is 3.47. The predicted octanol–water partition coefficient (Wildman–Crippen LogP) is 2.35. The van der Waals surface area contributed by atoms with Gasteiger partial charge in [-0.25, -0.2) is 4.79 Å². The van der Waals surface area contributed by atoms with E-state index in [1.807, 2.05) is 15.9 Å². The van der Waals surface area contributed by atoms with Crippen LogP contribution in [0.25, 0.3) is 0 Å². The lowest BCUT2D eigenvalue weighted by molar-refractivity contribution is -0.133. The topological polar surface area (TPSA) is 65.8 Å². The molecule has 3 amide bonds. The number of nitrogens with zero attached hydrogens (tertiary/aromatic N) is 2. The highest BCUT2D eigenvalue weighted by atomic mass is 16.3. The number of aryl methyl sites for hydroxylation is 1. The molecule has 0 aromatic carbocycles. The first kappa shape index (κ1) is 16.5.